The largest absolute Gasteiger partial charge is 0.481 e. The Hall–Kier alpha value is -1.85. The van der Waals surface area contributed by atoms with E-state index in [1.807, 2.05) is 0 Å². The summed E-state index contributed by atoms with van der Waals surface area (Å²) in [5, 5.41) is 17.7. The molecule has 6 heteroatoms. The second kappa shape index (κ2) is 13.3. The number of ether oxygens (including phenoxy) is 1. The van der Waals surface area contributed by atoms with E-state index in [0.717, 1.165) is 38.5 Å². The number of aliphatic carboxylic acids is 2. The average Bonchev–Trinajstić information content (AvgIpc) is 2.89. The van der Waals surface area contributed by atoms with Crippen molar-refractivity contribution < 1.29 is 29.3 Å². The van der Waals surface area contributed by atoms with Crippen molar-refractivity contribution in [3.05, 3.63) is 12.2 Å². The van der Waals surface area contributed by atoms with Gasteiger partial charge in [0.05, 0.1) is 0 Å². The van der Waals surface area contributed by atoms with E-state index in [-0.39, 0.29) is 12.0 Å². The Bertz CT molecular complexity index is 499. The van der Waals surface area contributed by atoms with Crippen LogP contribution in [-0.4, -0.2) is 34.2 Å². The van der Waals surface area contributed by atoms with Gasteiger partial charge in [-0.2, -0.15) is 0 Å². The maximum atomic E-state index is 11.5. The summed E-state index contributed by atoms with van der Waals surface area (Å²) in [4.78, 5) is 33.1. The third-order valence-electron chi connectivity index (χ3n) is 5.16. The molecule has 0 radical (unpaired) electrons. The molecule has 2 atom stereocenters. The van der Waals surface area contributed by atoms with Gasteiger partial charge in [-0.05, 0) is 19.3 Å². The molecule has 1 aliphatic rings. The molecular weight excluding hydrogens is 348 g/mol. The zero-order valence-corrected chi connectivity index (χ0v) is 16.3. The first-order chi connectivity index (χ1) is 12.9. The SMILES string of the molecule is C=C1C(=O)OC(CCCCCCCCCCCCCCC(=O)O)C1C(=O)O. The van der Waals surface area contributed by atoms with Crippen molar-refractivity contribution in [2.75, 3.05) is 0 Å². The fourth-order valence-electron chi connectivity index (χ4n) is 3.56. The number of carboxylic acids is 2. The van der Waals surface area contributed by atoms with Crippen LogP contribution in [0.4, 0.5) is 0 Å². The topological polar surface area (TPSA) is 101 Å². The van der Waals surface area contributed by atoms with Crippen LogP contribution in [0, 0.1) is 5.92 Å². The van der Waals surface area contributed by atoms with Gasteiger partial charge in [0.1, 0.15) is 12.0 Å². The Balaban J connectivity index is 1.91. The first-order valence-electron chi connectivity index (χ1n) is 10.3. The minimum Gasteiger partial charge on any atom is -0.481 e. The lowest BCUT2D eigenvalue weighted by atomic mass is 9.93. The molecular formula is C21H34O6. The number of hydrogen-bond acceptors (Lipinski definition) is 4. The molecule has 27 heavy (non-hydrogen) atoms. The van der Waals surface area contributed by atoms with Crippen molar-refractivity contribution in [2.45, 2.75) is 96.0 Å². The first kappa shape index (κ1) is 23.2. The number of carbonyl (C=O) groups is 3. The predicted molar refractivity (Wildman–Crippen MR) is 102 cm³/mol. The molecule has 0 spiro atoms. The lowest BCUT2D eigenvalue weighted by Crippen LogP contribution is -2.24. The van der Waals surface area contributed by atoms with E-state index < -0.39 is 29.9 Å². The van der Waals surface area contributed by atoms with Gasteiger partial charge in [0.15, 0.2) is 0 Å². The highest BCUT2D eigenvalue weighted by Gasteiger charge is 2.42. The molecule has 1 saturated heterocycles. The lowest BCUT2D eigenvalue weighted by molar-refractivity contribution is -0.144. The Kier molecular flexibility index (Phi) is 11.5. The summed E-state index contributed by atoms with van der Waals surface area (Å²) < 4.78 is 5.12. The standard InChI is InChI=1S/C21H34O6/c1-16-19(20(24)25)17(27-21(16)26)14-12-10-8-6-4-2-3-5-7-9-11-13-15-18(22)23/h17,19H,1-15H2,(H,22,23)(H,24,25). The average molecular weight is 382 g/mol. The van der Waals surface area contributed by atoms with Crippen LogP contribution in [-0.2, 0) is 19.1 Å². The summed E-state index contributed by atoms with van der Waals surface area (Å²) in [5.74, 6) is -3.19. The van der Waals surface area contributed by atoms with E-state index >= 15 is 0 Å². The van der Waals surface area contributed by atoms with Crippen LogP contribution < -0.4 is 0 Å². The molecule has 154 valence electrons. The lowest BCUT2D eigenvalue weighted by Gasteiger charge is -2.13. The third kappa shape index (κ3) is 9.59. The van der Waals surface area contributed by atoms with Gasteiger partial charge in [-0.15, -0.1) is 0 Å². The van der Waals surface area contributed by atoms with Crippen LogP contribution in [0.25, 0.3) is 0 Å². The van der Waals surface area contributed by atoms with Gasteiger partial charge in [0.2, 0.25) is 0 Å². The molecule has 1 heterocycles. The minimum atomic E-state index is -1.03. The Morgan fingerprint density at radius 1 is 0.815 bits per heavy atom. The fraction of sp³-hybridized carbons (Fsp3) is 0.762. The molecule has 0 aliphatic carbocycles. The van der Waals surface area contributed by atoms with Crippen LogP contribution in [0.2, 0.25) is 0 Å². The van der Waals surface area contributed by atoms with Gasteiger partial charge in [-0.25, -0.2) is 4.79 Å². The van der Waals surface area contributed by atoms with E-state index in [2.05, 4.69) is 6.58 Å². The van der Waals surface area contributed by atoms with Crippen molar-refractivity contribution in [1.82, 2.24) is 0 Å². The molecule has 1 aliphatic heterocycles. The van der Waals surface area contributed by atoms with Crippen molar-refractivity contribution in [3.63, 3.8) is 0 Å². The van der Waals surface area contributed by atoms with Gasteiger partial charge < -0.3 is 14.9 Å². The smallest absolute Gasteiger partial charge is 0.334 e. The molecule has 1 rings (SSSR count). The second-order valence-electron chi connectivity index (χ2n) is 7.46. The molecule has 0 aromatic rings. The summed E-state index contributed by atoms with van der Waals surface area (Å²) in [6, 6.07) is 0. The summed E-state index contributed by atoms with van der Waals surface area (Å²) in [6.45, 7) is 3.53. The minimum absolute atomic E-state index is 0.0642. The summed E-state index contributed by atoms with van der Waals surface area (Å²) in [7, 11) is 0. The molecule has 0 bridgehead atoms. The third-order valence-corrected chi connectivity index (χ3v) is 5.16. The quantitative estimate of drug-likeness (QED) is 0.228. The van der Waals surface area contributed by atoms with Crippen molar-refractivity contribution in [2.24, 2.45) is 5.92 Å². The summed E-state index contributed by atoms with van der Waals surface area (Å²) in [5.41, 5.74) is 0.0642. The highest BCUT2D eigenvalue weighted by atomic mass is 16.6. The van der Waals surface area contributed by atoms with Crippen molar-refractivity contribution in [3.8, 4) is 0 Å². The van der Waals surface area contributed by atoms with E-state index in [1.165, 1.54) is 38.5 Å². The molecule has 0 amide bonds. The predicted octanol–water partition coefficient (Wildman–Crippen LogP) is 4.71. The highest BCUT2D eigenvalue weighted by Crippen LogP contribution is 2.30. The van der Waals surface area contributed by atoms with Crippen LogP contribution >= 0.6 is 0 Å². The van der Waals surface area contributed by atoms with Gasteiger partial charge in [-0.1, -0.05) is 70.8 Å². The molecule has 0 aromatic heterocycles. The van der Waals surface area contributed by atoms with E-state index in [1.54, 1.807) is 0 Å². The first-order valence-corrected chi connectivity index (χ1v) is 10.3. The van der Waals surface area contributed by atoms with Crippen LogP contribution in [0.5, 0.6) is 0 Å². The molecule has 2 N–H and O–H groups in total. The maximum Gasteiger partial charge on any atom is 0.334 e. The number of rotatable bonds is 16. The van der Waals surface area contributed by atoms with Gasteiger partial charge in [0, 0.05) is 12.0 Å². The fourth-order valence-corrected chi connectivity index (χ4v) is 3.56. The van der Waals surface area contributed by atoms with Gasteiger partial charge in [0.25, 0.3) is 0 Å². The number of esters is 1. The Morgan fingerprint density at radius 3 is 1.70 bits per heavy atom. The Labute approximate surface area is 162 Å². The summed E-state index contributed by atoms with van der Waals surface area (Å²) >= 11 is 0. The molecule has 1 fully saturated rings. The zero-order chi connectivity index (χ0) is 20.1. The monoisotopic (exact) mass is 382 g/mol. The normalized spacial score (nSPS) is 19.3. The maximum absolute atomic E-state index is 11.5. The van der Waals surface area contributed by atoms with Gasteiger partial charge in [-0.3, -0.25) is 9.59 Å². The van der Waals surface area contributed by atoms with Crippen LogP contribution in [0.15, 0.2) is 12.2 Å². The summed E-state index contributed by atoms with van der Waals surface area (Å²) in [6.07, 6.45) is 13.5. The van der Waals surface area contributed by atoms with E-state index in [0.29, 0.717) is 6.42 Å². The number of carbonyl (C=O) groups excluding carboxylic acids is 1. The number of carboxylic acid groups (broad SMARTS) is 2. The second-order valence-corrected chi connectivity index (χ2v) is 7.46. The van der Waals surface area contributed by atoms with E-state index in [9.17, 15) is 19.5 Å². The van der Waals surface area contributed by atoms with Crippen molar-refractivity contribution in [1.29, 1.82) is 0 Å². The molecule has 0 saturated carbocycles. The molecule has 0 aromatic carbocycles. The van der Waals surface area contributed by atoms with Crippen LogP contribution in [0.3, 0.4) is 0 Å². The zero-order valence-electron chi connectivity index (χ0n) is 16.3. The van der Waals surface area contributed by atoms with E-state index in [4.69, 9.17) is 9.84 Å². The number of unbranched alkanes of at least 4 members (excludes halogenated alkanes) is 11. The Morgan fingerprint density at radius 2 is 1.26 bits per heavy atom. The highest BCUT2D eigenvalue weighted by molar-refractivity contribution is 5.97. The molecule has 2 unspecified atom stereocenters. The van der Waals surface area contributed by atoms with Crippen molar-refractivity contribution >= 4 is 17.9 Å². The molecule has 6 nitrogen and oxygen atoms in total. The van der Waals surface area contributed by atoms with Crippen LogP contribution in [0.1, 0.15) is 89.9 Å². The van der Waals surface area contributed by atoms with Gasteiger partial charge >= 0.3 is 17.9 Å². The number of hydrogen-bond donors (Lipinski definition) is 2. The number of cyclic esters (lactones) is 1.